The Labute approximate surface area is 114 Å². The van der Waals surface area contributed by atoms with Crippen LogP contribution in [0.2, 0.25) is 0 Å². The van der Waals surface area contributed by atoms with E-state index in [1.165, 1.54) is 0 Å². The summed E-state index contributed by atoms with van der Waals surface area (Å²) in [6.07, 6.45) is 10.2. The van der Waals surface area contributed by atoms with Crippen molar-refractivity contribution in [3.05, 3.63) is 60.2 Å². The second-order valence-corrected chi connectivity index (χ2v) is 4.74. The van der Waals surface area contributed by atoms with E-state index in [1.54, 1.807) is 6.20 Å². The van der Waals surface area contributed by atoms with Gasteiger partial charge in [0.25, 0.3) is 0 Å². The quantitative estimate of drug-likeness (QED) is 0.552. The molecule has 0 aliphatic carbocycles. The van der Waals surface area contributed by atoms with Gasteiger partial charge in [-0.2, -0.15) is 0 Å². The zero-order valence-electron chi connectivity index (χ0n) is 10.9. The number of aromatic nitrogens is 6. The standard InChI is InChI=1S/C14H12N6/c1-10-2-5-20-9-12(18-14(20)16-10)8-11-3-6-19-7-4-15-13(19)17-11/h2-7,9H,8H2,1H3. The fourth-order valence-corrected chi connectivity index (χ4v) is 2.22. The van der Waals surface area contributed by atoms with Crippen LogP contribution < -0.4 is 0 Å². The smallest absolute Gasteiger partial charge is 0.234 e. The molecule has 0 saturated heterocycles. The Morgan fingerprint density at radius 1 is 0.900 bits per heavy atom. The highest BCUT2D eigenvalue weighted by Crippen LogP contribution is 2.09. The van der Waals surface area contributed by atoms with Gasteiger partial charge < -0.3 is 0 Å². The van der Waals surface area contributed by atoms with E-state index in [4.69, 9.17) is 0 Å². The first kappa shape index (κ1) is 11.1. The van der Waals surface area contributed by atoms with Gasteiger partial charge >= 0.3 is 0 Å². The second-order valence-electron chi connectivity index (χ2n) is 4.74. The van der Waals surface area contributed by atoms with Gasteiger partial charge in [-0.05, 0) is 19.1 Å². The summed E-state index contributed by atoms with van der Waals surface area (Å²) in [5.74, 6) is 1.43. The van der Waals surface area contributed by atoms with E-state index in [0.29, 0.717) is 12.2 Å². The van der Waals surface area contributed by atoms with Crippen molar-refractivity contribution < 1.29 is 0 Å². The van der Waals surface area contributed by atoms with Crippen LogP contribution in [0.3, 0.4) is 0 Å². The molecule has 0 amide bonds. The topological polar surface area (TPSA) is 60.4 Å². The maximum absolute atomic E-state index is 4.52. The summed E-state index contributed by atoms with van der Waals surface area (Å²) in [5, 5.41) is 0. The molecule has 4 aromatic heterocycles. The Morgan fingerprint density at radius 3 is 2.70 bits per heavy atom. The van der Waals surface area contributed by atoms with E-state index in [-0.39, 0.29) is 0 Å². The molecule has 0 aliphatic heterocycles. The molecule has 0 bridgehead atoms. The Bertz CT molecular complexity index is 904. The zero-order valence-corrected chi connectivity index (χ0v) is 10.9. The zero-order chi connectivity index (χ0) is 13.5. The third kappa shape index (κ3) is 1.82. The lowest BCUT2D eigenvalue weighted by Gasteiger charge is -1.98. The Kier molecular flexibility index (Phi) is 2.29. The monoisotopic (exact) mass is 264 g/mol. The minimum atomic E-state index is 0.672. The fourth-order valence-electron chi connectivity index (χ4n) is 2.22. The highest BCUT2D eigenvalue weighted by atomic mass is 15.1. The van der Waals surface area contributed by atoms with Crippen molar-refractivity contribution in [2.24, 2.45) is 0 Å². The van der Waals surface area contributed by atoms with Crippen LogP contribution in [-0.2, 0) is 6.42 Å². The summed E-state index contributed by atoms with van der Waals surface area (Å²) in [6.45, 7) is 1.96. The van der Waals surface area contributed by atoms with Crippen molar-refractivity contribution in [2.45, 2.75) is 13.3 Å². The molecule has 0 N–H and O–H groups in total. The molecule has 0 saturated carbocycles. The first-order valence-electron chi connectivity index (χ1n) is 6.38. The van der Waals surface area contributed by atoms with Crippen LogP contribution >= 0.6 is 0 Å². The summed E-state index contributed by atoms with van der Waals surface area (Å²) >= 11 is 0. The van der Waals surface area contributed by atoms with Crippen LogP contribution in [0.1, 0.15) is 17.1 Å². The van der Waals surface area contributed by atoms with Crippen LogP contribution in [0, 0.1) is 6.92 Å². The summed E-state index contributed by atoms with van der Waals surface area (Å²) in [7, 11) is 0. The predicted molar refractivity (Wildman–Crippen MR) is 73.5 cm³/mol. The minimum Gasteiger partial charge on any atom is -0.291 e. The van der Waals surface area contributed by atoms with Gasteiger partial charge in [0, 0.05) is 43.1 Å². The van der Waals surface area contributed by atoms with E-state index < -0.39 is 0 Å². The number of fused-ring (bicyclic) bond motifs is 2. The predicted octanol–water partition coefficient (Wildman–Crippen LogP) is 1.67. The lowest BCUT2D eigenvalue weighted by molar-refractivity contribution is 0.994. The third-order valence-electron chi connectivity index (χ3n) is 3.20. The third-order valence-corrected chi connectivity index (χ3v) is 3.20. The van der Waals surface area contributed by atoms with Crippen molar-refractivity contribution in [3.8, 4) is 0 Å². The molecule has 0 atom stereocenters. The average Bonchev–Trinajstić information content (AvgIpc) is 3.03. The van der Waals surface area contributed by atoms with E-state index in [1.807, 2.05) is 52.6 Å². The van der Waals surface area contributed by atoms with Crippen LogP contribution in [0.4, 0.5) is 0 Å². The van der Waals surface area contributed by atoms with E-state index in [2.05, 4.69) is 19.9 Å². The number of hydrogen-bond donors (Lipinski definition) is 0. The molecule has 0 aromatic carbocycles. The summed E-state index contributed by atoms with van der Waals surface area (Å²) < 4.78 is 3.81. The fraction of sp³-hybridized carbons (Fsp3) is 0.143. The Morgan fingerprint density at radius 2 is 1.75 bits per heavy atom. The molecule has 4 aromatic rings. The van der Waals surface area contributed by atoms with E-state index >= 15 is 0 Å². The number of aryl methyl sites for hydroxylation is 1. The minimum absolute atomic E-state index is 0.672. The molecule has 4 rings (SSSR count). The van der Waals surface area contributed by atoms with Crippen molar-refractivity contribution in [2.75, 3.05) is 0 Å². The average molecular weight is 264 g/mol. The first-order chi connectivity index (χ1) is 9.78. The molecule has 6 heteroatoms. The molecule has 0 unspecified atom stereocenters. The molecule has 6 nitrogen and oxygen atoms in total. The largest absolute Gasteiger partial charge is 0.291 e. The molecule has 20 heavy (non-hydrogen) atoms. The number of hydrogen-bond acceptors (Lipinski definition) is 4. The highest BCUT2D eigenvalue weighted by molar-refractivity contribution is 5.34. The summed E-state index contributed by atoms with van der Waals surface area (Å²) in [4.78, 5) is 17.6. The maximum Gasteiger partial charge on any atom is 0.234 e. The summed E-state index contributed by atoms with van der Waals surface area (Å²) in [6, 6.07) is 3.95. The Balaban J connectivity index is 1.72. The molecule has 0 spiro atoms. The van der Waals surface area contributed by atoms with Crippen molar-refractivity contribution >= 4 is 11.6 Å². The first-order valence-corrected chi connectivity index (χ1v) is 6.38. The number of imidazole rings is 2. The Hall–Kier alpha value is -2.76. The highest BCUT2D eigenvalue weighted by Gasteiger charge is 2.06. The molecular weight excluding hydrogens is 252 g/mol. The van der Waals surface area contributed by atoms with Crippen molar-refractivity contribution in [1.29, 1.82) is 0 Å². The molecule has 0 radical (unpaired) electrons. The second kappa shape index (κ2) is 4.12. The normalized spacial score (nSPS) is 11.4. The van der Waals surface area contributed by atoms with Crippen molar-refractivity contribution in [3.63, 3.8) is 0 Å². The number of rotatable bonds is 2. The van der Waals surface area contributed by atoms with E-state index in [9.17, 15) is 0 Å². The number of nitrogens with zero attached hydrogens (tertiary/aromatic N) is 6. The molecular formula is C14H12N6. The lowest BCUT2D eigenvalue weighted by atomic mass is 10.2. The van der Waals surface area contributed by atoms with Crippen LogP contribution in [0.5, 0.6) is 0 Å². The van der Waals surface area contributed by atoms with Gasteiger partial charge in [0.05, 0.1) is 11.4 Å². The van der Waals surface area contributed by atoms with Crippen molar-refractivity contribution in [1.82, 2.24) is 28.7 Å². The molecule has 0 aliphatic rings. The van der Waals surface area contributed by atoms with Gasteiger partial charge in [-0.3, -0.25) is 8.80 Å². The SMILES string of the molecule is Cc1ccn2cc(Cc3ccn4ccnc4n3)nc2n1. The van der Waals surface area contributed by atoms with Crippen LogP contribution in [0.25, 0.3) is 11.6 Å². The molecule has 98 valence electrons. The van der Waals surface area contributed by atoms with Gasteiger partial charge in [-0.15, -0.1) is 0 Å². The van der Waals surface area contributed by atoms with Crippen LogP contribution in [0.15, 0.2) is 43.1 Å². The lowest BCUT2D eigenvalue weighted by Crippen LogP contribution is -1.96. The molecule has 0 fully saturated rings. The molecule has 4 heterocycles. The summed E-state index contributed by atoms with van der Waals surface area (Å²) in [5.41, 5.74) is 2.86. The van der Waals surface area contributed by atoms with Crippen LogP contribution in [-0.4, -0.2) is 28.7 Å². The van der Waals surface area contributed by atoms with E-state index in [0.717, 1.165) is 22.9 Å². The van der Waals surface area contributed by atoms with Gasteiger partial charge in [0.15, 0.2) is 0 Å². The van der Waals surface area contributed by atoms with Gasteiger partial charge in [0.2, 0.25) is 11.6 Å². The van der Waals surface area contributed by atoms with Gasteiger partial charge in [0.1, 0.15) is 0 Å². The van der Waals surface area contributed by atoms with Gasteiger partial charge in [-0.25, -0.2) is 19.9 Å². The van der Waals surface area contributed by atoms with Gasteiger partial charge in [-0.1, -0.05) is 0 Å². The maximum atomic E-state index is 4.52.